The summed E-state index contributed by atoms with van der Waals surface area (Å²) in [7, 11) is 0. The first-order valence-corrected chi connectivity index (χ1v) is 9.42. The molecule has 0 fully saturated rings. The van der Waals surface area contributed by atoms with E-state index in [9.17, 15) is 30.0 Å². The van der Waals surface area contributed by atoms with Crippen molar-refractivity contribution in [1.29, 1.82) is 0 Å². The highest BCUT2D eigenvalue weighted by Gasteiger charge is 2.04. The summed E-state index contributed by atoms with van der Waals surface area (Å²) in [4.78, 5) is 24.3. The molecule has 6 N–H and O–H groups in total. The number of phenols is 4. The summed E-state index contributed by atoms with van der Waals surface area (Å²) in [5, 5.41) is 42.9. The second-order valence-corrected chi connectivity index (χ2v) is 6.72. The van der Waals surface area contributed by atoms with Crippen LogP contribution in [0, 0.1) is 0 Å². The van der Waals surface area contributed by atoms with Gasteiger partial charge in [-0.1, -0.05) is 18.2 Å². The Kier molecular flexibility index (Phi) is 6.77. The molecule has 3 rings (SSSR count). The van der Waals surface area contributed by atoms with Crippen LogP contribution in [0.25, 0.3) is 12.2 Å². The van der Waals surface area contributed by atoms with Gasteiger partial charge in [0.25, 0.3) is 0 Å². The largest absolute Gasteiger partial charge is 0.504 e. The van der Waals surface area contributed by atoms with Gasteiger partial charge in [0.2, 0.25) is 11.8 Å². The van der Waals surface area contributed by atoms with E-state index in [1.165, 1.54) is 48.6 Å². The van der Waals surface area contributed by atoms with Gasteiger partial charge in [-0.15, -0.1) is 0 Å². The standard InChI is InChI=1S/C24H20N2O6/c27-19-8-4-15(12-21(19)29)6-10-23(31)25-17-2-1-3-18(14-17)26-24(32)11-7-16-5-9-20(28)22(30)13-16/h1-14,27-30H,(H,25,31)(H,26,32)/b10-6+,11-7+. The van der Waals surface area contributed by atoms with Gasteiger partial charge >= 0.3 is 0 Å². The number of carbonyl (C=O) groups excluding carboxylic acids is 2. The Morgan fingerprint density at radius 1 is 0.594 bits per heavy atom. The van der Waals surface area contributed by atoms with Gasteiger partial charge in [-0.05, 0) is 65.7 Å². The van der Waals surface area contributed by atoms with Crippen LogP contribution in [0.4, 0.5) is 11.4 Å². The molecule has 0 bridgehead atoms. The van der Waals surface area contributed by atoms with Crippen molar-refractivity contribution >= 4 is 35.3 Å². The maximum absolute atomic E-state index is 12.1. The molecule has 162 valence electrons. The molecule has 2 amide bonds. The normalized spacial score (nSPS) is 11.0. The summed E-state index contributed by atoms with van der Waals surface area (Å²) >= 11 is 0. The molecule has 0 unspecified atom stereocenters. The number of hydrogen-bond acceptors (Lipinski definition) is 6. The first-order chi connectivity index (χ1) is 15.3. The minimum Gasteiger partial charge on any atom is -0.504 e. The number of phenolic OH excluding ortho intramolecular Hbond substituents is 4. The fourth-order valence-electron chi connectivity index (χ4n) is 2.67. The van der Waals surface area contributed by atoms with Crippen LogP contribution in [0.2, 0.25) is 0 Å². The summed E-state index contributed by atoms with van der Waals surface area (Å²) in [5.74, 6) is -1.91. The highest BCUT2D eigenvalue weighted by Crippen LogP contribution is 2.26. The summed E-state index contributed by atoms with van der Waals surface area (Å²) in [6, 6.07) is 14.9. The van der Waals surface area contributed by atoms with Gasteiger partial charge in [-0.3, -0.25) is 9.59 Å². The topological polar surface area (TPSA) is 139 Å². The summed E-state index contributed by atoms with van der Waals surface area (Å²) in [6.45, 7) is 0. The average Bonchev–Trinajstić information content (AvgIpc) is 2.75. The van der Waals surface area contributed by atoms with Gasteiger partial charge in [0.1, 0.15) is 0 Å². The van der Waals surface area contributed by atoms with Crippen molar-refractivity contribution in [3.63, 3.8) is 0 Å². The lowest BCUT2D eigenvalue weighted by Gasteiger charge is -2.06. The molecule has 8 heteroatoms. The van der Waals surface area contributed by atoms with E-state index in [2.05, 4.69) is 10.6 Å². The molecule has 0 aliphatic carbocycles. The van der Waals surface area contributed by atoms with Crippen molar-refractivity contribution in [2.24, 2.45) is 0 Å². The van der Waals surface area contributed by atoms with Crippen LogP contribution >= 0.6 is 0 Å². The van der Waals surface area contributed by atoms with Gasteiger partial charge in [0.15, 0.2) is 23.0 Å². The van der Waals surface area contributed by atoms with Crippen LogP contribution < -0.4 is 10.6 Å². The molecule has 0 radical (unpaired) electrons. The molecule has 0 atom stereocenters. The molecule has 0 aliphatic rings. The Labute approximate surface area is 183 Å². The molecule has 0 spiro atoms. The number of carbonyl (C=O) groups is 2. The van der Waals surface area contributed by atoms with Crippen LogP contribution in [-0.4, -0.2) is 32.2 Å². The van der Waals surface area contributed by atoms with E-state index in [0.29, 0.717) is 22.5 Å². The van der Waals surface area contributed by atoms with Crippen LogP contribution in [-0.2, 0) is 9.59 Å². The Bertz CT molecular complexity index is 1130. The van der Waals surface area contributed by atoms with Crippen LogP contribution in [0.5, 0.6) is 23.0 Å². The molecular weight excluding hydrogens is 412 g/mol. The van der Waals surface area contributed by atoms with Gasteiger partial charge < -0.3 is 31.1 Å². The van der Waals surface area contributed by atoms with E-state index < -0.39 is 11.8 Å². The van der Waals surface area contributed by atoms with Gasteiger partial charge in [-0.2, -0.15) is 0 Å². The fraction of sp³-hybridized carbons (Fsp3) is 0. The molecule has 0 aliphatic heterocycles. The lowest BCUT2D eigenvalue weighted by molar-refractivity contribution is -0.112. The predicted molar refractivity (Wildman–Crippen MR) is 121 cm³/mol. The quantitative estimate of drug-likeness (QED) is 0.259. The van der Waals surface area contributed by atoms with Gasteiger partial charge in [-0.25, -0.2) is 0 Å². The van der Waals surface area contributed by atoms with E-state index >= 15 is 0 Å². The second kappa shape index (κ2) is 9.86. The first kappa shape index (κ1) is 22.0. The van der Waals surface area contributed by atoms with Gasteiger partial charge in [0, 0.05) is 23.5 Å². The zero-order valence-corrected chi connectivity index (χ0v) is 16.7. The van der Waals surface area contributed by atoms with E-state index in [-0.39, 0.29) is 23.0 Å². The van der Waals surface area contributed by atoms with Crippen molar-refractivity contribution < 1.29 is 30.0 Å². The Morgan fingerprint density at radius 2 is 1.03 bits per heavy atom. The monoisotopic (exact) mass is 432 g/mol. The van der Waals surface area contributed by atoms with E-state index in [1.807, 2.05) is 0 Å². The molecular formula is C24H20N2O6. The minimum atomic E-state index is -0.423. The maximum atomic E-state index is 12.1. The number of hydrogen-bond donors (Lipinski definition) is 6. The molecule has 32 heavy (non-hydrogen) atoms. The van der Waals surface area contributed by atoms with Crippen LogP contribution in [0.1, 0.15) is 11.1 Å². The Morgan fingerprint density at radius 3 is 1.44 bits per heavy atom. The number of nitrogens with one attached hydrogen (secondary N) is 2. The third kappa shape index (κ3) is 6.14. The smallest absolute Gasteiger partial charge is 0.248 e. The zero-order chi connectivity index (χ0) is 23.1. The number of aromatic hydroxyl groups is 4. The average molecular weight is 432 g/mol. The van der Waals surface area contributed by atoms with Crippen molar-refractivity contribution in [2.75, 3.05) is 10.6 Å². The minimum absolute atomic E-state index is 0.249. The van der Waals surface area contributed by atoms with E-state index in [0.717, 1.165) is 0 Å². The highest BCUT2D eigenvalue weighted by molar-refractivity contribution is 6.04. The van der Waals surface area contributed by atoms with Crippen LogP contribution in [0.3, 0.4) is 0 Å². The summed E-state index contributed by atoms with van der Waals surface area (Å²) in [6.07, 6.45) is 5.50. The van der Waals surface area contributed by atoms with Crippen molar-refractivity contribution in [2.45, 2.75) is 0 Å². The van der Waals surface area contributed by atoms with Crippen molar-refractivity contribution in [3.8, 4) is 23.0 Å². The molecule has 0 saturated carbocycles. The lowest BCUT2D eigenvalue weighted by atomic mass is 10.2. The van der Waals surface area contributed by atoms with Crippen molar-refractivity contribution in [1.82, 2.24) is 0 Å². The zero-order valence-electron chi connectivity index (χ0n) is 16.7. The van der Waals surface area contributed by atoms with E-state index in [1.54, 1.807) is 36.4 Å². The number of benzene rings is 3. The molecule has 0 saturated heterocycles. The molecule has 0 heterocycles. The maximum Gasteiger partial charge on any atom is 0.248 e. The summed E-state index contributed by atoms with van der Waals surface area (Å²) < 4.78 is 0. The third-order valence-corrected chi connectivity index (χ3v) is 4.25. The Balaban J connectivity index is 1.59. The highest BCUT2D eigenvalue weighted by atomic mass is 16.3. The molecule has 3 aromatic carbocycles. The van der Waals surface area contributed by atoms with E-state index in [4.69, 9.17) is 0 Å². The summed E-state index contributed by atoms with van der Waals surface area (Å²) in [5.41, 5.74) is 1.98. The second-order valence-electron chi connectivity index (χ2n) is 6.72. The van der Waals surface area contributed by atoms with Crippen LogP contribution in [0.15, 0.2) is 72.8 Å². The first-order valence-electron chi connectivity index (χ1n) is 9.42. The lowest BCUT2D eigenvalue weighted by Crippen LogP contribution is -2.10. The number of rotatable bonds is 6. The fourth-order valence-corrected chi connectivity index (χ4v) is 2.67. The molecule has 0 aromatic heterocycles. The van der Waals surface area contributed by atoms with Gasteiger partial charge in [0.05, 0.1) is 0 Å². The molecule has 8 nitrogen and oxygen atoms in total. The number of amides is 2. The SMILES string of the molecule is O=C(/C=C/c1ccc(O)c(O)c1)Nc1cccc(NC(=O)/C=C/c2ccc(O)c(O)c2)c1. The third-order valence-electron chi connectivity index (χ3n) is 4.25. The number of anilines is 2. The molecule has 3 aromatic rings. The predicted octanol–water partition coefficient (Wildman–Crippen LogP) is 3.81. The van der Waals surface area contributed by atoms with Crippen molar-refractivity contribution in [3.05, 3.63) is 83.9 Å². The Hall–Kier alpha value is -4.72.